The predicted octanol–water partition coefficient (Wildman–Crippen LogP) is 1.53. The van der Waals surface area contributed by atoms with Gasteiger partial charge in [-0.05, 0) is 38.3 Å². The average molecular weight is 331 g/mol. The molecule has 1 amide bonds. The van der Waals surface area contributed by atoms with E-state index in [2.05, 4.69) is 22.4 Å². The van der Waals surface area contributed by atoms with Crippen LogP contribution in [0.25, 0.3) is 0 Å². The number of hydrogen-bond acceptors (Lipinski definition) is 4. The summed E-state index contributed by atoms with van der Waals surface area (Å²) in [6.45, 7) is 9.77. The summed E-state index contributed by atoms with van der Waals surface area (Å²) >= 11 is 0. The summed E-state index contributed by atoms with van der Waals surface area (Å²) in [6, 6.07) is 4.89. The SMILES string of the molecule is CCCn1nc(C(=O)NC[C@H](C)Cn2nc(C)cc2C)ccc1=O. The molecule has 2 aromatic heterocycles. The van der Waals surface area contributed by atoms with Crippen molar-refractivity contribution in [2.75, 3.05) is 6.54 Å². The monoisotopic (exact) mass is 331 g/mol. The molecule has 0 aliphatic rings. The Labute approximate surface area is 141 Å². The van der Waals surface area contributed by atoms with E-state index >= 15 is 0 Å². The molecule has 2 heterocycles. The van der Waals surface area contributed by atoms with E-state index in [1.165, 1.54) is 16.8 Å². The van der Waals surface area contributed by atoms with Crippen LogP contribution in [-0.2, 0) is 13.1 Å². The molecule has 130 valence electrons. The average Bonchev–Trinajstić information content (AvgIpc) is 2.85. The first kappa shape index (κ1) is 17.9. The van der Waals surface area contributed by atoms with Gasteiger partial charge < -0.3 is 5.32 Å². The molecule has 0 aliphatic heterocycles. The van der Waals surface area contributed by atoms with Crippen LogP contribution in [0.15, 0.2) is 23.0 Å². The number of amides is 1. The number of hydrogen-bond donors (Lipinski definition) is 1. The van der Waals surface area contributed by atoms with Gasteiger partial charge in [0.2, 0.25) is 0 Å². The molecule has 1 atom stereocenters. The molecule has 0 aromatic carbocycles. The fraction of sp³-hybridized carbons (Fsp3) is 0.529. The quantitative estimate of drug-likeness (QED) is 0.834. The standard InChI is InChI=1S/C17H25N5O2/c1-5-8-21-16(23)7-6-15(20-21)17(24)18-10-12(2)11-22-14(4)9-13(3)19-22/h6-7,9,12H,5,8,10-11H2,1-4H3,(H,18,24)/t12-/m0/s1. The van der Waals surface area contributed by atoms with E-state index in [0.717, 1.165) is 24.4 Å². The number of aromatic nitrogens is 4. The second kappa shape index (κ2) is 7.90. The van der Waals surface area contributed by atoms with E-state index < -0.39 is 0 Å². The van der Waals surface area contributed by atoms with Gasteiger partial charge in [0.15, 0.2) is 0 Å². The Balaban J connectivity index is 1.94. The van der Waals surface area contributed by atoms with Crippen LogP contribution in [0, 0.1) is 19.8 Å². The lowest BCUT2D eigenvalue weighted by molar-refractivity contribution is 0.0939. The summed E-state index contributed by atoms with van der Waals surface area (Å²) in [6.07, 6.45) is 0.789. The molecule has 24 heavy (non-hydrogen) atoms. The van der Waals surface area contributed by atoms with Crippen molar-refractivity contribution in [2.24, 2.45) is 5.92 Å². The van der Waals surface area contributed by atoms with Crippen LogP contribution in [0.1, 0.15) is 42.1 Å². The molecule has 7 heteroatoms. The molecule has 0 unspecified atom stereocenters. The third-order valence-corrected chi connectivity index (χ3v) is 3.73. The van der Waals surface area contributed by atoms with Crippen molar-refractivity contribution in [3.8, 4) is 0 Å². The van der Waals surface area contributed by atoms with Gasteiger partial charge in [0.1, 0.15) is 5.69 Å². The lowest BCUT2D eigenvalue weighted by atomic mass is 10.2. The number of aryl methyl sites for hydroxylation is 3. The third kappa shape index (κ3) is 4.53. The van der Waals surface area contributed by atoms with E-state index in [4.69, 9.17) is 0 Å². The maximum absolute atomic E-state index is 12.2. The Kier molecular flexibility index (Phi) is 5.89. The maximum atomic E-state index is 12.2. The second-order valence-electron chi connectivity index (χ2n) is 6.20. The summed E-state index contributed by atoms with van der Waals surface area (Å²) in [4.78, 5) is 23.9. The molecular weight excluding hydrogens is 306 g/mol. The summed E-state index contributed by atoms with van der Waals surface area (Å²) in [5.74, 6) is -0.0337. The third-order valence-electron chi connectivity index (χ3n) is 3.73. The summed E-state index contributed by atoms with van der Waals surface area (Å²) in [7, 11) is 0. The molecule has 0 radical (unpaired) electrons. The van der Waals surface area contributed by atoms with Crippen LogP contribution in [-0.4, -0.2) is 32.0 Å². The molecule has 7 nitrogen and oxygen atoms in total. The van der Waals surface area contributed by atoms with Crippen molar-refractivity contribution in [2.45, 2.75) is 47.2 Å². The van der Waals surface area contributed by atoms with Crippen LogP contribution >= 0.6 is 0 Å². The van der Waals surface area contributed by atoms with E-state index in [9.17, 15) is 9.59 Å². The molecule has 0 aliphatic carbocycles. The van der Waals surface area contributed by atoms with Crippen molar-refractivity contribution in [3.63, 3.8) is 0 Å². The predicted molar refractivity (Wildman–Crippen MR) is 92.0 cm³/mol. The highest BCUT2D eigenvalue weighted by Crippen LogP contribution is 2.06. The summed E-state index contributed by atoms with van der Waals surface area (Å²) in [5.41, 5.74) is 2.18. The lowest BCUT2D eigenvalue weighted by Gasteiger charge is -2.14. The molecule has 0 fully saturated rings. The number of carbonyl (C=O) groups excluding carboxylic acids is 1. The van der Waals surface area contributed by atoms with E-state index in [0.29, 0.717) is 13.1 Å². The van der Waals surface area contributed by atoms with Crippen molar-refractivity contribution < 1.29 is 4.79 Å². The first-order chi connectivity index (χ1) is 11.4. The number of nitrogens with one attached hydrogen (secondary N) is 1. The largest absolute Gasteiger partial charge is 0.350 e. The van der Waals surface area contributed by atoms with Crippen molar-refractivity contribution in [3.05, 3.63) is 45.6 Å². The van der Waals surface area contributed by atoms with Gasteiger partial charge in [0.05, 0.1) is 5.69 Å². The Morgan fingerprint density at radius 1 is 1.25 bits per heavy atom. The van der Waals surface area contributed by atoms with Crippen LogP contribution in [0.3, 0.4) is 0 Å². The van der Waals surface area contributed by atoms with Crippen LogP contribution in [0.2, 0.25) is 0 Å². The zero-order valence-electron chi connectivity index (χ0n) is 14.7. The highest BCUT2D eigenvalue weighted by Gasteiger charge is 2.12. The highest BCUT2D eigenvalue weighted by atomic mass is 16.2. The Hall–Kier alpha value is -2.44. The minimum atomic E-state index is -0.264. The summed E-state index contributed by atoms with van der Waals surface area (Å²) < 4.78 is 3.28. The molecule has 1 N–H and O–H groups in total. The fourth-order valence-electron chi connectivity index (χ4n) is 2.52. The van der Waals surface area contributed by atoms with Gasteiger partial charge in [0.25, 0.3) is 11.5 Å². The van der Waals surface area contributed by atoms with Crippen LogP contribution in [0.5, 0.6) is 0 Å². The molecule has 0 saturated carbocycles. The minimum Gasteiger partial charge on any atom is -0.350 e. The Morgan fingerprint density at radius 3 is 2.62 bits per heavy atom. The topological polar surface area (TPSA) is 81.8 Å². The number of rotatable bonds is 7. The van der Waals surface area contributed by atoms with Gasteiger partial charge in [0, 0.05) is 31.4 Å². The van der Waals surface area contributed by atoms with Gasteiger partial charge >= 0.3 is 0 Å². The van der Waals surface area contributed by atoms with Crippen molar-refractivity contribution in [1.82, 2.24) is 24.9 Å². The van der Waals surface area contributed by atoms with E-state index in [-0.39, 0.29) is 23.1 Å². The first-order valence-electron chi connectivity index (χ1n) is 8.28. The first-order valence-corrected chi connectivity index (χ1v) is 8.28. The Morgan fingerprint density at radius 2 is 2.00 bits per heavy atom. The zero-order valence-corrected chi connectivity index (χ0v) is 14.7. The van der Waals surface area contributed by atoms with Gasteiger partial charge in [-0.25, -0.2) is 4.68 Å². The molecule has 0 saturated heterocycles. The molecule has 0 spiro atoms. The van der Waals surface area contributed by atoms with Crippen molar-refractivity contribution >= 4 is 5.91 Å². The molecular formula is C17H25N5O2. The van der Waals surface area contributed by atoms with Gasteiger partial charge in [-0.2, -0.15) is 10.2 Å². The fourth-order valence-corrected chi connectivity index (χ4v) is 2.52. The molecule has 2 aromatic rings. The molecule has 0 bridgehead atoms. The molecule has 2 rings (SSSR count). The minimum absolute atomic E-state index is 0.189. The Bertz CT molecular complexity index is 763. The summed E-state index contributed by atoms with van der Waals surface area (Å²) in [5, 5.41) is 11.4. The highest BCUT2D eigenvalue weighted by molar-refractivity contribution is 5.91. The second-order valence-corrected chi connectivity index (χ2v) is 6.20. The number of nitrogens with zero attached hydrogens (tertiary/aromatic N) is 4. The smallest absolute Gasteiger partial charge is 0.271 e. The van der Waals surface area contributed by atoms with E-state index in [1.807, 2.05) is 31.5 Å². The van der Waals surface area contributed by atoms with Gasteiger partial charge in [-0.1, -0.05) is 13.8 Å². The lowest BCUT2D eigenvalue weighted by Crippen LogP contribution is -2.33. The number of carbonyl (C=O) groups is 1. The van der Waals surface area contributed by atoms with Crippen molar-refractivity contribution in [1.29, 1.82) is 0 Å². The van der Waals surface area contributed by atoms with Gasteiger partial charge in [-0.3, -0.25) is 14.3 Å². The maximum Gasteiger partial charge on any atom is 0.271 e. The normalized spacial score (nSPS) is 12.2. The zero-order chi connectivity index (χ0) is 17.7. The van der Waals surface area contributed by atoms with E-state index in [1.54, 1.807) is 0 Å². The van der Waals surface area contributed by atoms with Crippen LogP contribution < -0.4 is 10.9 Å². The van der Waals surface area contributed by atoms with Gasteiger partial charge in [-0.15, -0.1) is 0 Å². The van der Waals surface area contributed by atoms with Crippen LogP contribution in [0.4, 0.5) is 0 Å².